The van der Waals surface area contributed by atoms with Gasteiger partial charge in [0.2, 0.25) is 5.91 Å². The predicted octanol–water partition coefficient (Wildman–Crippen LogP) is 2.00. The Balaban J connectivity index is 2.33. The second-order valence-electron chi connectivity index (χ2n) is 3.61. The summed E-state index contributed by atoms with van der Waals surface area (Å²) in [5.41, 5.74) is 0.860. The number of benzene rings is 2. The summed E-state index contributed by atoms with van der Waals surface area (Å²) in [4.78, 5) is 11.5. The number of hydrogen-bond donors (Lipinski definition) is 2. The highest BCUT2D eigenvalue weighted by Crippen LogP contribution is 2.22. The van der Waals surface area contributed by atoms with Crippen LogP contribution >= 0.6 is 0 Å². The van der Waals surface area contributed by atoms with Crippen LogP contribution in [-0.4, -0.2) is 19.5 Å². The summed E-state index contributed by atoms with van der Waals surface area (Å²) in [6.07, 6.45) is 0. The van der Waals surface area contributed by atoms with Crippen molar-refractivity contribution in [3.05, 3.63) is 42.5 Å². The molecule has 0 aliphatic carbocycles. The zero-order valence-corrected chi connectivity index (χ0v) is 9.16. The van der Waals surface area contributed by atoms with Gasteiger partial charge >= 0.3 is 0 Å². The third kappa shape index (κ3) is 2.20. The highest BCUT2D eigenvalue weighted by atomic mass is 16.1. The first-order valence-electron chi connectivity index (χ1n) is 5.23. The van der Waals surface area contributed by atoms with E-state index in [1.165, 1.54) is 0 Å². The van der Waals surface area contributed by atoms with E-state index in [4.69, 9.17) is 0 Å². The van der Waals surface area contributed by atoms with Gasteiger partial charge in [0.15, 0.2) is 0 Å². The Hall–Kier alpha value is -1.87. The first-order valence-corrected chi connectivity index (χ1v) is 5.23. The Bertz CT molecular complexity index is 503. The third-order valence-corrected chi connectivity index (χ3v) is 2.40. The number of carbonyl (C=O) groups is 1. The highest BCUT2D eigenvalue weighted by molar-refractivity contribution is 6.02. The lowest BCUT2D eigenvalue weighted by Gasteiger charge is -2.08. The minimum Gasteiger partial charge on any atom is -0.324 e. The smallest absolute Gasteiger partial charge is 0.238 e. The van der Waals surface area contributed by atoms with Crippen LogP contribution in [0.4, 0.5) is 5.69 Å². The van der Waals surface area contributed by atoms with E-state index in [0.29, 0.717) is 6.54 Å². The topological polar surface area (TPSA) is 41.1 Å². The second kappa shape index (κ2) is 4.77. The molecule has 3 heteroatoms. The molecule has 0 unspecified atom stereocenters. The van der Waals surface area contributed by atoms with E-state index in [1.54, 1.807) is 7.05 Å². The molecule has 3 nitrogen and oxygen atoms in total. The maximum absolute atomic E-state index is 11.5. The molecule has 0 bridgehead atoms. The van der Waals surface area contributed by atoms with E-state index < -0.39 is 0 Å². The molecule has 0 aliphatic heterocycles. The number of anilines is 1. The van der Waals surface area contributed by atoms with E-state index >= 15 is 0 Å². The van der Waals surface area contributed by atoms with Gasteiger partial charge in [0, 0.05) is 11.1 Å². The standard InChI is InChI=1S/C13H14N2O/c1-14-9-13(16)15-12-8-4-6-10-5-2-3-7-11(10)12/h2-8,14H,9H2,1H3,(H,15,16). The van der Waals surface area contributed by atoms with Crippen LogP contribution in [0.3, 0.4) is 0 Å². The molecular weight excluding hydrogens is 200 g/mol. The first kappa shape index (κ1) is 10.6. The number of rotatable bonds is 3. The Morgan fingerprint density at radius 1 is 1.12 bits per heavy atom. The lowest BCUT2D eigenvalue weighted by molar-refractivity contribution is -0.115. The number of likely N-dealkylation sites (N-methyl/N-ethyl adjacent to an activating group) is 1. The third-order valence-electron chi connectivity index (χ3n) is 2.40. The van der Waals surface area contributed by atoms with Crippen molar-refractivity contribution in [1.82, 2.24) is 5.32 Å². The lowest BCUT2D eigenvalue weighted by Crippen LogP contribution is -2.25. The summed E-state index contributed by atoms with van der Waals surface area (Å²) >= 11 is 0. The summed E-state index contributed by atoms with van der Waals surface area (Å²) in [5.74, 6) is -0.0288. The fraction of sp³-hybridized carbons (Fsp3) is 0.154. The fourth-order valence-electron chi connectivity index (χ4n) is 1.69. The number of fused-ring (bicyclic) bond motifs is 1. The van der Waals surface area contributed by atoms with Gasteiger partial charge in [-0.1, -0.05) is 36.4 Å². The molecular formula is C13H14N2O. The van der Waals surface area contributed by atoms with Crippen LogP contribution in [-0.2, 0) is 4.79 Å². The van der Waals surface area contributed by atoms with E-state index in [-0.39, 0.29) is 5.91 Å². The van der Waals surface area contributed by atoms with Crippen molar-refractivity contribution in [3.63, 3.8) is 0 Å². The van der Waals surface area contributed by atoms with Gasteiger partial charge in [0.1, 0.15) is 0 Å². The number of hydrogen-bond acceptors (Lipinski definition) is 2. The maximum Gasteiger partial charge on any atom is 0.238 e. The quantitative estimate of drug-likeness (QED) is 0.820. The van der Waals surface area contributed by atoms with Crippen molar-refractivity contribution in [3.8, 4) is 0 Å². The van der Waals surface area contributed by atoms with Gasteiger partial charge in [0.25, 0.3) is 0 Å². The largest absolute Gasteiger partial charge is 0.324 e. The van der Waals surface area contributed by atoms with Crippen LogP contribution in [0.15, 0.2) is 42.5 Å². The Morgan fingerprint density at radius 2 is 1.88 bits per heavy atom. The summed E-state index contributed by atoms with van der Waals surface area (Å²) in [7, 11) is 1.75. The zero-order chi connectivity index (χ0) is 11.4. The van der Waals surface area contributed by atoms with Gasteiger partial charge in [-0.05, 0) is 18.5 Å². The minimum atomic E-state index is -0.0288. The van der Waals surface area contributed by atoms with Gasteiger partial charge in [-0.2, -0.15) is 0 Å². The summed E-state index contributed by atoms with van der Waals surface area (Å²) in [6, 6.07) is 13.9. The summed E-state index contributed by atoms with van der Waals surface area (Å²) in [5, 5.41) is 7.90. The number of carbonyl (C=O) groups excluding carboxylic acids is 1. The number of nitrogens with one attached hydrogen (secondary N) is 2. The molecule has 0 radical (unpaired) electrons. The first-order chi connectivity index (χ1) is 7.81. The van der Waals surface area contributed by atoms with Crippen molar-refractivity contribution in [2.75, 3.05) is 18.9 Å². The van der Waals surface area contributed by atoms with E-state index in [2.05, 4.69) is 10.6 Å². The summed E-state index contributed by atoms with van der Waals surface area (Å²) < 4.78 is 0. The molecule has 0 heterocycles. The fourth-order valence-corrected chi connectivity index (χ4v) is 1.69. The van der Waals surface area contributed by atoms with Gasteiger partial charge in [-0.25, -0.2) is 0 Å². The van der Waals surface area contributed by atoms with Crippen LogP contribution in [0, 0.1) is 0 Å². The van der Waals surface area contributed by atoms with Gasteiger partial charge in [-0.3, -0.25) is 4.79 Å². The van der Waals surface area contributed by atoms with Crippen molar-refractivity contribution < 1.29 is 4.79 Å². The van der Waals surface area contributed by atoms with Crippen LogP contribution in [0.1, 0.15) is 0 Å². The molecule has 2 N–H and O–H groups in total. The highest BCUT2D eigenvalue weighted by Gasteiger charge is 2.03. The molecule has 2 rings (SSSR count). The molecule has 0 aromatic heterocycles. The van der Waals surface area contributed by atoms with Gasteiger partial charge < -0.3 is 10.6 Å². The van der Waals surface area contributed by atoms with Crippen LogP contribution in [0.25, 0.3) is 10.8 Å². The van der Waals surface area contributed by atoms with Crippen LogP contribution in [0.2, 0.25) is 0 Å². The van der Waals surface area contributed by atoms with E-state index in [1.807, 2.05) is 42.5 Å². The molecule has 0 saturated heterocycles. The molecule has 0 aliphatic rings. The molecule has 0 fully saturated rings. The maximum atomic E-state index is 11.5. The average molecular weight is 214 g/mol. The van der Waals surface area contributed by atoms with Crippen molar-refractivity contribution in [1.29, 1.82) is 0 Å². The lowest BCUT2D eigenvalue weighted by atomic mass is 10.1. The molecule has 82 valence electrons. The second-order valence-corrected chi connectivity index (χ2v) is 3.61. The van der Waals surface area contributed by atoms with Crippen molar-refractivity contribution >= 4 is 22.4 Å². The van der Waals surface area contributed by atoms with Crippen LogP contribution < -0.4 is 10.6 Å². The van der Waals surface area contributed by atoms with E-state index in [9.17, 15) is 4.79 Å². The molecule has 0 spiro atoms. The predicted molar refractivity (Wildman–Crippen MR) is 66.5 cm³/mol. The van der Waals surface area contributed by atoms with E-state index in [0.717, 1.165) is 16.5 Å². The normalized spacial score (nSPS) is 10.3. The Morgan fingerprint density at radius 3 is 2.69 bits per heavy atom. The Kier molecular flexibility index (Phi) is 3.17. The zero-order valence-electron chi connectivity index (χ0n) is 9.16. The molecule has 1 amide bonds. The molecule has 2 aromatic rings. The molecule has 2 aromatic carbocycles. The minimum absolute atomic E-state index is 0.0288. The SMILES string of the molecule is CNCC(=O)Nc1cccc2ccccc12. The number of amides is 1. The molecule has 0 atom stereocenters. The molecule has 16 heavy (non-hydrogen) atoms. The molecule has 0 saturated carbocycles. The van der Waals surface area contributed by atoms with Crippen molar-refractivity contribution in [2.45, 2.75) is 0 Å². The monoisotopic (exact) mass is 214 g/mol. The average Bonchev–Trinajstić information content (AvgIpc) is 2.30. The van der Waals surface area contributed by atoms with Crippen LogP contribution in [0.5, 0.6) is 0 Å². The summed E-state index contributed by atoms with van der Waals surface area (Å²) in [6.45, 7) is 0.323. The van der Waals surface area contributed by atoms with Gasteiger partial charge in [0.05, 0.1) is 6.54 Å². The Labute approximate surface area is 94.5 Å². The van der Waals surface area contributed by atoms with Gasteiger partial charge in [-0.15, -0.1) is 0 Å². The van der Waals surface area contributed by atoms with Crippen molar-refractivity contribution in [2.24, 2.45) is 0 Å².